The van der Waals surface area contributed by atoms with E-state index in [2.05, 4.69) is 38.7 Å². The highest BCUT2D eigenvalue weighted by Gasteiger charge is 1.99. The molecule has 0 saturated heterocycles. The van der Waals surface area contributed by atoms with Crippen molar-refractivity contribution in [3.8, 4) is 0 Å². The van der Waals surface area contributed by atoms with Gasteiger partial charge in [0.25, 0.3) is 0 Å². The first-order chi connectivity index (χ1) is 7.65. The fourth-order valence-electron chi connectivity index (χ4n) is 1.19. The molecule has 0 aromatic heterocycles. The first kappa shape index (κ1) is 17.5. The maximum absolute atomic E-state index is 5.96. The van der Waals surface area contributed by atoms with Gasteiger partial charge in [0, 0.05) is 13.1 Å². The Morgan fingerprint density at radius 2 is 1.69 bits per heavy atom. The summed E-state index contributed by atoms with van der Waals surface area (Å²) in [4.78, 5) is 2.19. The predicted molar refractivity (Wildman–Crippen MR) is 75.2 cm³/mol. The Kier molecular flexibility index (Phi) is 13.3. The second-order valence-corrected chi connectivity index (χ2v) is 3.54. The van der Waals surface area contributed by atoms with Crippen LogP contribution in [0.4, 0.5) is 0 Å². The van der Waals surface area contributed by atoms with Crippen molar-refractivity contribution in [1.82, 2.24) is 4.90 Å². The van der Waals surface area contributed by atoms with Crippen LogP contribution in [0.3, 0.4) is 0 Å². The van der Waals surface area contributed by atoms with Gasteiger partial charge in [-0.15, -0.1) is 0 Å². The lowest BCUT2D eigenvalue weighted by molar-refractivity contribution is 0.358. The van der Waals surface area contributed by atoms with Gasteiger partial charge in [-0.3, -0.25) is 0 Å². The van der Waals surface area contributed by atoms with Crippen LogP contribution < -0.4 is 5.73 Å². The molecular weight excluding hydrogens is 196 g/mol. The number of nitrogens with two attached hydrogens (primary N) is 1. The van der Waals surface area contributed by atoms with Gasteiger partial charge in [-0.2, -0.15) is 0 Å². The van der Waals surface area contributed by atoms with Crippen molar-refractivity contribution < 1.29 is 0 Å². The van der Waals surface area contributed by atoms with Crippen LogP contribution in [0.5, 0.6) is 0 Å². The summed E-state index contributed by atoms with van der Waals surface area (Å²) in [7, 11) is 0. The maximum Gasteiger partial charge on any atom is 0.0986 e. The summed E-state index contributed by atoms with van der Waals surface area (Å²) >= 11 is 0. The highest BCUT2D eigenvalue weighted by Crippen LogP contribution is 2.02. The molecule has 2 nitrogen and oxygen atoms in total. The van der Waals surface area contributed by atoms with Crippen LogP contribution in [0.15, 0.2) is 23.5 Å². The van der Waals surface area contributed by atoms with Crippen molar-refractivity contribution in [1.29, 1.82) is 0 Å². The van der Waals surface area contributed by atoms with Gasteiger partial charge in [0.15, 0.2) is 0 Å². The van der Waals surface area contributed by atoms with Gasteiger partial charge in [-0.1, -0.05) is 39.3 Å². The molecule has 0 bridgehead atoms. The standard InChI is InChI=1S/C12H24N2.C2H6/c1-5-10-14(7-3)12(13)9-8-11(4)6-2;1-2/h8-9H,5-7,10,13H2,1-4H3;1-2H3/b11-8-,12-9+;. The normalized spacial score (nSPS) is 11.9. The van der Waals surface area contributed by atoms with E-state index >= 15 is 0 Å². The third-order valence-electron chi connectivity index (χ3n) is 2.34. The highest BCUT2D eigenvalue weighted by atomic mass is 15.2. The predicted octanol–water partition coefficient (Wildman–Crippen LogP) is 3.90. The molecule has 0 unspecified atom stereocenters. The molecule has 0 spiro atoms. The van der Waals surface area contributed by atoms with Crippen molar-refractivity contribution in [3.63, 3.8) is 0 Å². The quantitative estimate of drug-likeness (QED) is 0.696. The largest absolute Gasteiger partial charge is 0.385 e. The molecular formula is C14H30N2. The van der Waals surface area contributed by atoms with Crippen LogP contribution in [0, 0.1) is 0 Å². The minimum Gasteiger partial charge on any atom is -0.385 e. The SMILES string of the molecule is CC.CCCN(CC)/C(N)=C/C=C(/C)CC. The Hall–Kier alpha value is -0.920. The maximum atomic E-state index is 5.96. The van der Waals surface area contributed by atoms with E-state index in [0.717, 1.165) is 31.8 Å². The van der Waals surface area contributed by atoms with E-state index in [0.29, 0.717) is 0 Å². The van der Waals surface area contributed by atoms with Gasteiger partial charge < -0.3 is 10.6 Å². The minimum atomic E-state index is 0.877. The number of hydrogen-bond donors (Lipinski definition) is 1. The smallest absolute Gasteiger partial charge is 0.0986 e. The lowest BCUT2D eigenvalue weighted by atomic mass is 10.2. The first-order valence-electron chi connectivity index (χ1n) is 6.53. The van der Waals surface area contributed by atoms with E-state index in [1.54, 1.807) is 0 Å². The monoisotopic (exact) mass is 226 g/mol. The Morgan fingerprint density at radius 1 is 1.12 bits per heavy atom. The molecule has 0 aliphatic carbocycles. The molecule has 96 valence electrons. The lowest BCUT2D eigenvalue weighted by Crippen LogP contribution is -2.28. The second kappa shape index (κ2) is 12.2. The van der Waals surface area contributed by atoms with Crippen molar-refractivity contribution in [2.75, 3.05) is 13.1 Å². The fourth-order valence-corrected chi connectivity index (χ4v) is 1.19. The van der Waals surface area contributed by atoms with Gasteiger partial charge in [-0.05, 0) is 32.8 Å². The molecule has 0 atom stereocenters. The molecule has 0 aromatic carbocycles. The Balaban J connectivity index is 0. The molecule has 0 fully saturated rings. The molecule has 16 heavy (non-hydrogen) atoms. The second-order valence-electron chi connectivity index (χ2n) is 3.54. The van der Waals surface area contributed by atoms with Crippen LogP contribution in [-0.4, -0.2) is 18.0 Å². The summed E-state index contributed by atoms with van der Waals surface area (Å²) in [6.07, 6.45) is 6.34. The molecule has 0 rings (SSSR count). The third kappa shape index (κ3) is 8.39. The van der Waals surface area contributed by atoms with E-state index in [1.165, 1.54) is 5.57 Å². The van der Waals surface area contributed by atoms with Gasteiger partial charge in [-0.25, -0.2) is 0 Å². The molecule has 2 heteroatoms. The number of hydrogen-bond acceptors (Lipinski definition) is 2. The number of rotatable bonds is 6. The zero-order valence-electron chi connectivity index (χ0n) is 12.0. The fraction of sp³-hybridized carbons (Fsp3) is 0.714. The van der Waals surface area contributed by atoms with Gasteiger partial charge in [0.05, 0.1) is 5.82 Å². The van der Waals surface area contributed by atoms with E-state index < -0.39 is 0 Å². The summed E-state index contributed by atoms with van der Waals surface area (Å²) in [6.45, 7) is 14.6. The van der Waals surface area contributed by atoms with E-state index in [-0.39, 0.29) is 0 Å². The van der Waals surface area contributed by atoms with Crippen molar-refractivity contribution in [2.24, 2.45) is 5.73 Å². The third-order valence-corrected chi connectivity index (χ3v) is 2.34. The van der Waals surface area contributed by atoms with Crippen molar-refractivity contribution >= 4 is 0 Å². The average Bonchev–Trinajstić information content (AvgIpc) is 2.34. The Morgan fingerprint density at radius 3 is 2.06 bits per heavy atom. The van der Waals surface area contributed by atoms with Crippen LogP contribution in [-0.2, 0) is 0 Å². The van der Waals surface area contributed by atoms with Gasteiger partial charge in [0.1, 0.15) is 0 Å². The van der Waals surface area contributed by atoms with E-state index in [4.69, 9.17) is 5.73 Å². The first-order valence-corrected chi connectivity index (χ1v) is 6.53. The average molecular weight is 226 g/mol. The van der Waals surface area contributed by atoms with Crippen LogP contribution in [0.2, 0.25) is 0 Å². The molecule has 0 aliphatic rings. The van der Waals surface area contributed by atoms with Crippen molar-refractivity contribution in [3.05, 3.63) is 23.5 Å². The van der Waals surface area contributed by atoms with Gasteiger partial charge in [0.2, 0.25) is 0 Å². The molecule has 0 saturated carbocycles. The lowest BCUT2D eigenvalue weighted by Gasteiger charge is -2.21. The minimum absolute atomic E-state index is 0.877. The van der Waals surface area contributed by atoms with Crippen LogP contribution >= 0.6 is 0 Å². The van der Waals surface area contributed by atoms with E-state index in [1.807, 2.05) is 19.9 Å². The van der Waals surface area contributed by atoms with E-state index in [9.17, 15) is 0 Å². The van der Waals surface area contributed by atoms with Crippen LogP contribution in [0.1, 0.15) is 54.4 Å². The number of nitrogens with zero attached hydrogens (tertiary/aromatic N) is 1. The summed E-state index contributed by atoms with van der Waals surface area (Å²) in [5, 5.41) is 0. The summed E-state index contributed by atoms with van der Waals surface area (Å²) in [5.74, 6) is 0.877. The molecule has 0 aromatic rings. The molecule has 0 radical (unpaired) electrons. The highest BCUT2D eigenvalue weighted by molar-refractivity contribution is 5.14. The summed E-state index contributed by atoms with van der Waals surface area (Å²) < 4.78 is 0. The zero-order chi connectivity index (χ0) is 13.0. The topological polar surface area (TPSA) is 29.3 Å². The molecule has 0 heterocycles. The summed E-state index contributed by atoms with van der Waals surface area (Å²) in [5.41, 5.74) is 7.32. The van der Waals surface area contributed by atoms with Crippen molar-refractivity contribution in [2.45, 2.75) is 54.4 Å². The van der Waals surface area contributed by atoms with Crippen LogP contribution in [0.25, 0.3) is 0 Å². The number of allylic oxidation sites excluding steroid dienone is 3. The van der Waals surface area contributed by atoms with Gasteiger partial charge >= 0.3 is 0 Å². The molecule has 2 N–H and O–H groups in total. The molecule has 0 aliphatic heterocycles. The Labute approximate surface area is 102 Å². The summed E-state index contributed by atoms with van der Waals surface area (Å²) in [6, 6.07) is 0. The molecule has 0 amide bonds. The zero-order valence-corrected chi connectivity index (χ0v) is 12.0. The Bertz CT molecular complexity index is 205.